The lowest BCUT2D eigenvalue weighted by atomic mass is 10.3. The standard InChI is InChI=1S/C16H16Br2O2/c1-12(20-16-9-5-3-7-14(16)18)10-11-19-15-8-4-2-6-13(15)17/h2-9,12H,10-11H2,1H3. The third kappa shape index (κ3) is 4.53. The number of rotatable bonds is 6. The van der Waals surface area contributed by atoms with Crippen molar-refractivity contribution in [2.45, 2.75) is 19.4 Å². The van der Waals surface area contributed by atoms with Gasteiger partial charge in [-0.25, -0.2) is 0 Å². The molecular weight excluding hydrogens is 384 g/mol. The van der Waals surface area contributed by atoms with E-state index in [9.17, 15) is 0 Å². The highest BCUT2D eigenvalue weighted by atomic mass is 79.9. The minimum atomic E-state index is 0.0937. The summed E-state index contributed by atoms with van der Waals surface area (Å²) in [6.45, 7) is 2.66. The maximum absolute atomic E-state index is 5.87. The van der Waals surface area contributed by atoms with Gasteiger partial charge in [0.1, 0.15) is 11.5 Å². The fourth-order valence-corrected chi connectivity index (χ4v) is 2.49. The highest BCUT2D eigenvalue weighted by molar-refractivity contribution is 9.10. The quantitative estimate of drug-likeness (QED) is 0.643. The lowest BCUT2D eigenvalue weighted by molar-refractivity contribution is 0.175. The molecule has 106 valence electrons. The molecule has 4 heteroatoms. The van der Waals surface area contributed by atoms with Gasteiger partial charge in [-0.1, -0.05) is 24.3 Å². The third-order valence-electron chi connectivity index (χ3n) is 2.78. The Labute approximate surface area is 136 Å². The van der Waals surface area contributed by atoms with Gasteiger partial charge in [0.15, 0.2) is 0 Å². The van der Waals surface area contributed by atoms with E-state index in [0.29, 0.717) is 6.61 Å². The average Bonchev–Trinajstić information content (AvgIpc) is 2.43. The van der Waals surface area contributed by atoms with Gasteiger partial charge in [0.25, 0.3) is 0 Å². The average molecular weight is 400 g/mol. The topological polar surface area (TPSA) is 18.5 Å². The lowest BCUT2D eigenvalue weighted by Crippen LogP contribution is -2.16. The first kappa shape index (κ1) is 15.4. The molecule has 0 spiro atoms. The SMILES string of the molecule is CC(CCOc1ccccc1Br)Oc1ccccc1Br. The molecule has 0 heterocycles. The maximum Gasteiger partial charge on any atom is 0.133 e. The second-order valence-electron chi connectivity index (χ2n) is 4.43. The molecule has 0 fully saturated rings. The first-order valence-corrected chi connectivity index (χ1v) is 8.04. The Morgan fingerprint density at radius 3 is 2.05 bits per heavy atom. The van der Waals surface area contributed by atoms with Crippen molar-refractivity contribution in [1.82, 2.24) is 0 Å². The number of benzene rings is 2. The van der Waals surface area contributed by atoms with Crippen molar-refractivity contribution in [1.29, 1.82) is 0 Å². The van der Waals surface area contributed by atoms with Crippen molar-refractivity contribution in [3.63, 3.8) is 0 Å². The molecule has 0 saturated carbocycles. The number of hydrogen-bond donors (Lipinski definition) is 0. The Morgan fingerprint density at radius 2 is 1.45 bits per heavy atom. The summed E-state index contributed by atoms with van der Waals surface area (Å²) in [4.78, 5) is 0. The molecule has 0 saturated heterocycles. The fraction of sp³-hybridized carbons (Fsp3) is 0.250. The second kappa shape index (κ2) is 7.70. The molecule has 0 aliphatic heterocycles. The zero-order valence-corrected chi connectivity index (χ0v) is 14.4. The maximum atomic E-state index is 5.87. The van der Waals surface area contributed by atoms with E-state index in [4.69, 9.17) is 9.47 Å². The summed E-state index contributed by atoms with van der Waals surface area (Å²) in [5.41, 5.74) is 0. The van der Waals surface area contributed by atoms with Crippen molar-refractivity contribution in [2.75, 3.05) is 6.61 Å². The molecule has 0 aliphatic rings. The molecule has 1 atom stereocenters. The molecule has 0 aliphatic carbocycles. The van der Waals surface area contributed by atoms with E-state index in [2.05, 4.69) is 31.9 Å². The predicted octanol–water partition coefficient (Wildman–Crippen LogP) is 5.45. The van der Waals surface area contributed by atoms with Gasteiger partial charge in [0.2, 0.25) is 0 Å². The van der Waals surface area contributed by atoms with Gasteiger partial charge in [-0.15, -0.1) is 0 Å². The number of ether oxygens (including phenoxy) is 2. The van der Waals surface area contributed by atoms with E-state index >= 15 is 0 Å². The van der Waals surface area contributed by atoms with Crippen LogP contribution in [0.2, 0.25) is 0 Å². The predicted molar refractivity (Wildman–Crippen MR) is 88.5 cm³/mol. The highest BCUT2D eigenvalue weighted by Crippen LogP contribution is 2.26. The molecule has 0 aromatic heterocycles. The van der Waals surface area contributed by atoms with Gasteiger partial charge < -0.3 is 9.47 Å². The minimum absolute atomic E-state index is 0.0937. The molecule has 2 rings (SSSR count). The van der Waals surface area contributed by atoms with Crippen LogP contribution in [0.25, 0.3) is 0 Å². The van der Waals surface area contributed by atoms with Crippen LogP contribution in [0, 0.1) is 0 Å². The molecule has 2 nitrogen and oxygen atoms in total. The minimum Gasteiger partial charge on any atom is -0.492 e. The van der Waals surface area contributed by atoms with Crippen LogP contribution >= 0.6 is 31.9 Å². The van der Waals surface area contributed by atoms with Crippen LogP contribution in [-0.4, -0.2) is 12.7 Å². The Morgan fingerprint density at radius 1 is 0.900 bits per heavy atom. The Kier molecular flexibility index (Phi) is 5.92. The first-order valence-electron chi connectivity index (χ1n) is 6.45. The molecule has 2 aromatic carbocycles. The van der Waals surface area contributed by atoms with E-state index in [1.807, 2.05) is 55.5 Å². The largest absolute Gasteiger partial charge is 0.492 e. The number of hydrogen-bond acceptors (Lipinski definition) is 2. The molecule has 20 heavy (non-hydrogen) atoms. The Hall–Kier alpha value is -1.00. The van der Waals surface area contributed by atoms with Gasteiger partial charge >= 0.3 is 0 Å². The summed E-state index contributed by atoms with van der Waals surface area (Å²) in [5, 5.41) is 0. The molecule has 0 bridgehead atoms. The van der Waals surface area contributed by atoms with Gasteiger partial charge in [0, 0.05) is 6.42 Å². The molecule has 0 N–H and O–H groups in total. The van der Waals surface area contributed by atoms with Crippen LogP contribution in [0.5, 0.6) is 11.5 Å². The summed E-state index contributed by atoms with van der Waals surface area (Å²) in [6, 6.07) is 15.7. The van der Waals surface area contributed by atoms with Gasteiger partial charge in [-0.2, -0.15) is 0 Å². The summed E-state index contributed by atoms with van der Waals surface area (Å²) in [6.07, 6.45) is 0.916. The molecule has 1 unspecified atom stereocenters. The monoisotopic (exact) mass is 398 g/mol. The van der Waals surface area contributed by atoms with E-state index < -0.39 is 0 Å². The van der Waals surface area contributed by atoms with Crippen molar-refractivity contribution in [3.05, 3.63) is 57.5 Å². The fourth-order valence-electron chi connectivity index (χ4n) is 1.71. The third-order valence-corrected chi connectivity index (χ3v) is 4.09. The Bertz CT molecular complexity index is 558. The number of para-hydroxylation sites is 2. The van der Waals surface area contributed by atoms with Crippen molar-refractivity contribution >= 4 is 31.9 Å². The van der Waals surface area contributed by atoms with Crippen molar-refractivity contribution in [3.8, 4) is 11.5 Å². The zero-order chi connectivity index (χ0) is 14.4. The Balaban J connectivity index is 1.80. The lowest BCUT2D eigenvalue weighted by Gasteiger charge is -2.16. The summed E-state index contributed by atoms with van der Waals surface area (Å²) in [7, 11) is 0. The van der Waals surface area contributed by atoms with Crippen molar-refractivity contribution in [2.24, 2.45) is 0 Å². The van der Waals surface area contributed by atoms with Crippen LogP contribution in [0.4, 0.5) is 0 Å². The van der Waals surface area contributed by atoms with Gasteiger partial charge in [-0.3, -0.25) is 0 Å². The van der Waals surface area contributed by atoms with Crippen LogP contribution in [-0.2, 0) is 0 Å². The van der Waals surface area contributed by atoms with Crippen LogP contribution in [0.3, 0.4) is 0 Å². The summed E-state index contributed by atoms with van der Waals surface area (Å²) < 4.78 is 13.6. The van der Waals surface area contributed by atoms with E-state index in [0.717, 1.165) is 26.9 Å². The van der Waals surface area contributed by atoms with Crippen LogP contribution in [0.15, 0.2) is 57.5 Å². The van der Waals surface area contributed by atoms with Crippen LogP contribution < -0.4 is 9.47 Å². The smallest absolute Gasteiger partial charge is 0.133 e. The molecule has 0 radical (unpaired) electrons. The molecule has 2 aromatic rings. The van der Waals surface area contributed by atoms with Gasteiger partial charge in [-0.05, 0) is 63.0 Å². The second-order valence-corrected chi connectivity index (χ2v) is 6.14. The van der Waals surface area contributed by atoms with E-state index in [1.165, 1.54) is 0 Å². The molecule has 0 amide bonds. The summed E-state index contributed by atoms with van der Waals surface area (Å²) in [5.74, 6) is 1.72. The first-order chi connectivity index (χ1) is 9.66. The normalized spacial score (nSPS) is 11.9. The summed E-state index contributed by atoms with van der Waals surface area (Å²) >= 11 is 6.94. The highest BCUT2D eigenvalue weighted by Gasteiger charge is 2.07. The molecular formula is C16H16Br2O2. The van der Waals surface area contributed by atoms with Gasteiger partial charge in [0.05, 0.1) is 21.7 Å². The number of halogens is 2. The van der Waals surface area contributed by atoms with E-state index in [1.54, 1.807) is 0 Å². The van der Waals surface area contributed by atoms with Crippen LogP contribution in [0.1, 0.15) is 13.3 Å². The zero-order valence-electron chi connectivity index (χ0n) is 11.2. The van der Waals surface area contributed by atoms with Crippen molar-refractivity contribution < 1.29 is 9.47 Å². The van der Waals surface area contributed by atoms with E-state index in [-0.39, 0.29) is 6.10 Å².